The number of halogens is 4. The Bertz CT molecular complexity index is 1500. The fraction of sp³-hybridized carbons (Fsp3) is 0.0435. The fourth-order valence-electron chi connectivity index (χ4n) is 4.31. The van der Waals surface area contributed by atoms with Crippen LogP contribution in [0.2, 0.25) is 20.1 Å². The number of benzene rings is 5. The van der Waals surface area contributed by atoms with E-state index in [-0.39, 0.29) is 11.1 Å². The number of methoxy groups -OCH3 is 1. The van der Waals surface area contributed by atoms with Crippen LogP contribution in [0.4, 0.5) is 0 Å². The highest BCUT2D eigenvalue weighted by molar-refractivity contribution is 6.54. The van der Waals surface area contributed by atoms with Gasteiger partial charge in [0, 0.05) is 63.4 Å². The third kappa shape index (κ3) is 2.47. The molecule has 0 aliphatic heterocycles. The maximum Gasteiger partial charge on any atom is 0.338 e. The molecule has 0 saturated heterocycles. The van der Waals surface area contributed by atoms with E-state index in [0.717, 1.165) is 10.8 Å². The van der Waals surface area contributed by atoms with Crippen molar-refractivity contribution in [1.29, 1.82) is 0 Å². The Labute approximate surface area is 190 Å². The minimum atomic E-state index is -0.617. The number of rotatable bonds is 2. The lowest BCUT2D eigenvalue weighted by molar-refractivity contribution is 0.0603. The largest absolute Gasteiger partial charge is 0.465 e. The second-order valence-corrected chi connectivity index (χ2v) is 8.53. The lowest BCUT2D eigenvalue weighted by Gasteiger charge is -2.20. The summed E-state index contributed by atoms with van der Waals surface area (Å²) in [6.45, 7) is 0. The molecular weight excluding hydrogens is 466 g/mol. The molecule has 0 atom stereocenters. The SMILES string of the molecule is COC(=O)c1cc(Cl)c2c3c(Cl)ccc4ccc(Cl)c(c5c(Cl)cc(C=O)c1c52)c43. The molecule has 0 unspecified atom stereocenters. The lowest BCUT2D eigenvalue weighted by Crippen LogP contribution is -2.05. The number of esters is 1. The van der Waals surface area contributed by atoms with Crippen molar-refractivity contribution in [2.45, 2.75) is 0 Å². The monoisotopic (exact) mass is 474 g/mol. The predicted molar refractivity (Wildman–Crippen MR) is 124 cm³/mol. The summed E-state index contributed by atoms with van der Waals surface area (Å²) in [4.78, 5) is 24.5. The van der Waals surface area contributed by atoms with E-state index in [0.29, 0.717) is 58.7 Å². The molecular formula is C23H10Cl4O3. The van der Waals surface area contributed by atoms with Gasteiger partial charge in [-0.1, -0.05) is 58.5 Å². The van der Waals surface area contributed by atoms with Gasteiger partial charge in [-0.25, -0.2) is 4.79 Å². The van der Waals surface area contributed by atoms with Crippen LogP contribution in [0.3, 0.4) is 0 Å². The zero-order valence-electron chi connectivity index (χ0n) is 15.3. The first-order chi connectivity index (χ1) is 14.4. The average molecular weight is 476 g/mol. The van der Waals surface area contributed by atoms with Gasteiger partial charge in [0.2, 0.25) is 0 Å². The molecule has 0 spiro atoms. The van der Waals surface area contributed by atoms with Gasteiger partial charge in [-0.05, 0) is 29.7 Å². The van der Waals surface area contributed by atoms with Crippen molar-refractivity contribution in [3.05, 3.63) is 67.6 Å². The number of aldehydes is 1. The molecule has 0 aliphatic carbocycles. The van der Waals surface area contributed by atoms with Crippen LogP contribution >= 0.6 is 46.4 Å². The van der Waals surface area contributed by atoms with Crippen LogP contribution in [0.25, 0.3) is 43.1 Å². The normalized spacial score (nSPS) is 11.8. The van der Waals surface area contributed by atoms with E-state index in [1.807, 2.05) is 12.1 Å². The number of ether oxygens (including phenoxy) is 1. The Morgan fingerprint density at radius 3 is 1.80 bits per heavy atom. The molecule has 0 radical (unpaired) electrons. The molecule has 0 amide bonds. The molecule has 7 heteroatoms. The minimum absolute atomic E-state index is 0.167. The van der Waals surface area contributed by atoms with Crippen molar-refractivity contribution in [3.8, 4) is 0 Å². The van der Waals surface area contributed by atoms with Gasteiger partial charge in [0.15, 0.2) is 6.29 Å². The van der Waals surface area contributed by atoms with Crippen LogP contribution < -0.4 is 0 Å². The van der Waals surface area contributed by atoms with E-state index >= 15 is 0 Å². The molecule has 0 saturated carbocycles. The maximum absolute atomic E-state index is 12.5. The maximum atomic E-state index is 12.5. The summed E-state index contributed by atoms with van der Waals surface area (Å²) in [5, 5.41) is 6.81. The molecule has 30 heavy (non-hydrogen) atoms. The van der Waals surface area contributed by atoms with Crippen molar-refractivity contribution >= 4 is 102 Å². The summed E-state index contributed by atoms with van der Waals surface area (Å²) in [6, 6.07) is 10.4. The molecule has 5 rings (SSSR count). The lowest BCUT2D eigenvalue weighted by atomic mass is 9.86. The van der Waals surface area contributed by atoms with E-state index in [4.69, 9.17) is 51.1 Å². The first kappa shape index (κ1) is 19.7. The van der Waals surface area contributed by atoms with Crippen molar-refractivity contribution in [2.75, 3.05) is 7.11 Å². The molecule has 0 fully saturated rings. The first-order valence-electron chi connectivity index (χ1n) is 8.82. The van der Waals surface area contributed by atoms with Gasteiger partial charge in [-0.15, -0.1) is 0 Å². The molecule has 3 nitrogen and oxygen atoms in total. The van der Waals surface area contributed by atoms with Gasteiger partial charge in [0.25, 0.3) is 0 Å². The van der Waals surface area contributed by atoms with Crippen LogP contribution in [-0.4, -0.2) is 19.4 Å². The van der Waals surface area contributed by atoms with Crippen molar-refractivity contribution in [3.63, 3.8) is 0 Å². The Hall–Kier alpha value is -2.30. The summed E-state index contributed by atoms with van der Waals surface area (Å²) < 4.78 is 4.94. The van der Waals surface area contributed by atoms with E-state index in [2.05, 4.69) is 0 Å². The summed E-state index contributed by atoms with van der Waals surface area (Å²) in [7, 11) is 1.27. The highest BCUT2D eigenvalue weighted by Crippen LogP contribution is 2.50. The summed E-state index contributed by atoms with van der Waals surface area (Å²) in [5.74, 6) is -0.617. The van der Waals surface area contributed by atoms with Crippen LogP contribution in [0, 0.1) is 0 Å². The van der Waals surface area contributed by atoms with Crippen LogP contribution in [-0.2, 0) is 4.74 Å². The first-order valence-corrected chi connectivity index (χ1v) is 10.3. The van der Waals surface area contributed by atoms with E-state index < -0.39 is 5.97 Å². The van der Waals surface area contributed by atoms with E-state index in [9.17, 15) is 9.59 Å². The quantitative estimate of drug-likeness (QED) is 0.112. The minimum Gasteiger partial charge on any atom is -0.465 e. The van der Waals surface area contributed by atoms with Gasteiger partial charge in [-0.2, -0.15) is 0 Å². The van der Waals surface area contributed by atoms with Crippen LogP contribution in [0.5, 0.6) is 0 Å². The van der Waals surface area contributed by atoms with Crippen molar-refractivity contribution < 1.29 is 14.3 Å². The molecule has 0 bridgehead atoms. The number of fused-ring (bicyclic) bond motifs is 2. The predicted octanol–water partition coefficient (Wildman–Crippen LogP) is 7.95. The smallest absolute Gasteiger partial charge is 0.338 e. The Morgan fingerprint density at radius 1 is 0.733 bits per heavy atom. The van der Waals surface area contributed by atoms with E-state index in [1.165, 1.54) is 19.2 Å². The van der Waals surface area contributed by atoms with Gasteiger partial charge < -0.3 is 4.74 Å². The summed E-state index contributed by atoms with van der Waals surface area (Å²) in [6.07, 6.45) is 0.652. The Morgan fingerprint density at radius 2 is 1.27 bits per heavy atom. The van der Waals surface area contributed by atoms with Crippen molar-refractivity contribution in [2.24, 2.45) is 0 Å². The highest BCUT2D eigenvalue weighted by atomic mass is 35.5. The molecule has 5 aromatic carbocycles. The standard InChI is InChI=1S/C23H10Cl4O3/c1-30-23(29)11-7-15(27)21-19-13(25)5-3-9-2-4-12(24)18(17(9)19)20-14(26)6-10(8-28)16(11)22(20)21/h2-8H,1H3. The zero-order valence-corrected chi connectivity index (χ0v) is 18.3. The fourth-order valence-corrected chi connectivity index (χ4v) is 5.42. The molecule has 0 heterocycles. The zero-order chi connectivity index (χ0) is 21.3. The highest BCUT2D eigenvalue weighted by Gasteiger charge is 2.26. The van der Waals surface area contributed by atoms with E-state index in [1.54, 1.807) is 12.1 Å². The second-order valence-electron chi connectivity index (χ2n) is 6.91. The number of carbonyl (C=O) groups excluding carboxylic acids is 2. The Balaban J connectivity index is 2.29. The third-order valence-corrected chi connectivity index (χ3v) is 6.68. The van der Waals surface area contributed by atoms with Gasteiger partial charge in [0.05, 0.1) is 12.7 Å². The number of carbonyl (C=O) groups is 2. The molecule has 5 aromatic rings. The average Bonchev–Trinajstić information content (AvgIpc) is 2.74. The van der Waals surface area contributed by atoms with Gasteiger partial charge in [0.1, 0.15) is 0 Å². The molecule has 148 valence electrons. The summed E-state index contributed by atoms with van der Waals surface area (Å²) >= 11 is 26.6. The third-order valence-electron chi connectivity index (χ3n) is 5.46. The molecule has 0 aromatic heterocycles. The molecule has 0 aliphatic rings. The van der Waals surface area contributed by atoms with Crippen molar-refractivity contribution in [1.82, 2.24) is 0 Å². The summed E-state index contributed by atoms with van der Waals surface area (Å²) in [5.41, 5.74) is 0.413. The Kier molecular flexibility index (Phi) is 4.49. The molecule has 0 N–H and O–H groups in total. The topological polar surface area (TPSA) is 43.4 Å². The number of hydrogen-bond donors (Lipinski definition) is 0. The van der Waals surface area contributed by atoms with Gasteiger partial charge in [-0.3, -0.25) is 4.79 Å². The number of hydrogen-bond acceptors (Lipinski definition) is 3. The van der Waals surface area contributed by atoms with Crippen LogP contribution in [0.15, 0.2) is 36.4 Å². The van der Waals surface area contributed by atoms with Gasteiger partial charge >= 0.3 is 5.97 Å². The second kappa shape index (κ2) is 6.86. The van der Waals surface area contributed by atoms with Crippen LogP contribution in [0.1, 0.15) is 20.7 Å².